The molecule has 24 heavy (non-hydrogen) atoms. The predicted molar refractivity (Wildman–Crippen MR) is 59.2 cm³/mol. The van der Waals surface area contributed by atoms with Gasteiger partial charge in [0.25, 0.3) is 0 Å². The number of nitrogens with one attached hydrogen (secondary N) is 1. The molecule has 2 rings (SSSR count). The molecule has 12 nitrogen and oxygen atoms in total. The molecule has 0 aromatic rings. The molecule has 0 spiro atoms. The minimum Gasteiger partial charge on any atom is -0.790 e. The number of barbiturate groups is 1. The number of nitrogens with zero attached hydrogens (tertiary/aromatic N) is 1. The van der Waals surface area contributed by atoms with Crippen LogP contribution in [-0.4, -0.2) is 64.1 Å². The Morgan fingerprint density at radius 1 is 1.25 bits per heavy atom. The van der Waals surface area contributed by atoms with E-state index in [9.17, 15) is 38.9 Å². The number of phosphoric acid groups is 1. The molecule has 2 fully saturated rings. The summed E-state index contributed by atoms with van der Waals surface area (Å²) in [6, 6.07) is -1.16. The molecule has 4 atom stereocenters. The Kier molecular flexibility index (Phi) is 9.75. The summed E-state index contributed by atoms with van der Waals surface area (Å²) in [4.78, 5) is 55.5. The summed E-state index contributed by atoms with van der Waals surface area (Å²) in [5, 5.41) is 21.3. The fraction of sp³-hybridized carbons (Fsp3) is 0.667. The van der Waals surface area contributed by atoms with Crippen LogP contribution in [0.1, 0.15) is 6.42 Å². The Morgan fingerprint density at radius 2 is 1.83 bits per heavy atom. The molecule has 124 valence electrons. The van der Waals surface area contributed by atoms with Crippen molar-refractivity contribution < 1.29 is 107 Å². The van der Waals surface area contributed by atoms with Gasteiger partial charge in [-0.3, -0.25) is 14.9 Å². The Balaban J connectivity index is 0.00000264. The Morgan fingerprint density at radius 3 is 2.33 bits per heavy atom. The topological polar surface area (TPSA) is 189 Å². The van der Waals surface area contributed by atoms with E-state index in [4.69, 9.17) is 4.74 Å². The van der Waals surface area contributed by atoms with Crippen molar-refractivity contribution in [2.75, 3.05) is 6.61 Å². The van der Waals surface area contributed by atoms with Crippen LogP contribution in [0.15, 0.2) is 0 Å². The number of amides is 4. The third-order valence-corrected chi connectivity index (χ3v) is 3.50. The fourth-order valence-corrected chi connectivity index (χ4v) is 2.39. The number of rotatable bonds is 4. The van der Waals surface area contributed by atoms with Crippen LogP contribution in [0.2, 0.25) is 0 Å². The van der Waals surface area contributed by atoms with Gasteiger partial charge in [0.05, 0.1) is 14.4 Å². The number of imide groups is 2. The zero-order valence-corrected chi connectivity index (χ0v) is 17.7. The molecule has 0 bridgehead atoms. The molecular weight excluding hydrogens is 376 g/mol. The summed E-state index contributed by atoms with van der Waals surface area (Å²) in [6.45, 7) is -0.901. The maximum Gasteiger partial charge on any atom is 1.00 e. The van der Waals surface area contributed by atoms with Crippen LogP contribution >= 0.6 is 7.82 Å². The van der Waals surface area contributed by atoms with Crippen LogP contribution in [0, 0.1) is 0 Å². The van der Waals surface area contributed by atoms with Crippen molar-refractivity contribution in [3.63, 3.8) is 0 Å². The number of hydrogen-bond acceptors (Lipinski definition) is 10. The molecule has 0 saturated carbocycles. The summed E-state index contributed by atoms with van der Waals surface area (Å²) in [7, 11) is -5.33. The molecule has 0 aliphatic carbocycles. The molecule has 2 saturated heterocycles. The van der Waals surface area contributed by atoms with Crippen molar-refractivity contribution in [3.8, 4) is 0 Å². The van der Waals surface area contributed by atoms with Crippen LogP contribution in [0.3, 0.4) is 0 Å². The monoisotopic (exact) mass is 387 g/mol. The third-order valence-electron chi connectivity index (χ3n) is 3.03. The number of aliphatic hydroxyl groups is 2. The summed E-state index contributed by atoms with van der Waals surface area (Å²) >= 11 is 0. The summed E-state index contributed by atoms with van der Waals surface area (Å²) in [5.74, 6) is -1.80. The average Bonchev–Trinajstić information content (AvgIpc) is 2.63. The second kappa shape index (κ2) is 9.51. The van der Waals surface area contributed by atoms with Crippen molar-refractivity contribution in [2.24, 2.45) is 0 Å². The Bertz CT molecular complexity index is 536. The van der Waals surface area contributed by atoms with E-state index in [1.54, 1.807) is 0 Å². The minimum atomic E-state index is -5.33. The molecule has 3 N–H and O–H groups in total. The van der Waals surface area contributed by atoms with Crippen LogP contribution in [0.4, 0.5) is 4.79 Å². The number of urea groups is 1. The van der Waals surface area contributed by atoms with Gasteiger partial charge < -0.3 is 33.8 Å². The van der Waals surface area contributed by atoms with Gasteiger partial charge in [0, 0.05) is 0 Å². The molecule has 15 heteroatoms. The number of hydrogen-bond donors (Lipinski definition) is 3. The van der Waals surface area contributed by atoms with Crippen LogP contribution in [0.5, 0.6) is 0 Å². The number of phosphoric ester groups is 1. The number of carbonyl (C=O) groups is 3. The quantitative estimate of drug-likeness (QED) is 0.137. The smallest absolute Gasteiger partial charge is 0.790 e. The molecule has 0 radical (unpaired) electrons. The standard InChI is InChI=1S/C9H13N2O10P.2Na/c12-4-1-5(13)11(9(16)10-4)8-7(15)6(14)3(21-8)2-20-22(17,18)19;;/h3,6-8,14-15H,1-2H2,(H,10,12,16)(H2,17,18,19);;/q;2*+1/p-2/t3-,6-,7-,8-;;/m1../s1/i9+1,10+1,11+1;;. The summed E-state index contributed by atoms with van der Waals surface area (Å²) < 4.78 is 19.3. The molecule has 4 amide bonds. The van der Waals surface area contributed by atoms with E-state index >= 15 is 0 Å². The first-order valence-corrected chi connectivity index (χ1v) is 7.40. The molecule has 0 aromatic carbocycles. The summed E-state index contributed by atoms with van der Waals surface area (Å²) in [6.07, 6.45) is -7.26. The second-order valence-corrected chi connectivity index (χ2v) is 5.74. The van der Waals surface area contributed by atoms with Crippen molar-refractivity contribution in [2.45, 2.75) is 31.0 Å². The van der Waals surface area contributed by atoms with Crippen LogP contribution in [-0.2, 0) is 23.4 Å². The first kappa shape index (κ1) is 24.6. The first-order valence-electron chi connectivity index (χ1n) is 5.94. The van der Waals surface area contributed by atoms with Gasteiger partial charge in [0.1, 0.15) is 24.7 Å². The van der Waals surface area contributed by atoms with Gasteiger partial charge in [0.2, 0.25) is 11.8 Å². The molecular formula is C9H11N2Na2O10P. The number of carbonyl (C=O) groups excluding carboxylic acids is 3. The van der Waals surface area contributed by atoms with E-state index in [2.05, 4.69) is 4.52 Å². The van der Waals surface area contributed by atoms with E-state index in [0.29, 0.717) is 4.90 Å². The predicted octanol–water partition coefficient (Wildman–Crippen LogP) is -10.2. The van der Waals surface area contributed by atoms with Gasteiger partial charge in [-0.2, -0.15) is 0 Å². The van der Waals surface area contributed by atoms with E-state index in [1.165, 1.54) is 0 Å². The Hall–Kier alpha value is 0.600. The minimum absolute atomic E-state index is 0. The van der Waals surface area contributed by atoms with Gasteiger partial charge >= 0.3 is 65.1 Å². The van der Waals surface area contributed by atoms with E-state index in [0.717, 1.165) is 0 Å². The first-order chi connectivity index (χ1) is 10.1. The van der Waals surface area contributed by atoms with E-state index < -0.39 is 63.2 Å². The van der Waals surface area contributed by atoms with Crippen molar-refractivity contribution >= 4 is 25.7 Å². The van der Waals surface area contributed by atoms with Gasteiger partial charge in [-0.15, -0.1) is 0 Å². The number of ether oxygens (including phenoxy) is 1. The summed E-state index contributed by atoms with van der Waals surface area (Å²) in [5.41, 5.74) is 0. The molecule has 2 heterocycles. The normalized spacial score (nSPS) is 30.5. The van der Waals surface area contributed by atoms with Gasteiger partial charge in [-0.05, 0) is 0 Å². The molecule has 0 aromatic heterocycles. The molecule has 2 aliphatic rings. The zero-order valence-electron chi connectivity index (χ0n) is 12.8. The SMILES string of the molecule is O=C1CC(=O)[15N]([C@@H]2O[C@H](COP(=O)([O-])[O-])[C@@H](O)[C@H]2O)[13C](=O)[15NH]1.[Na+].[Na+]. The largest absolute Gasteiger partial charge is 1.00 e. The Labute approximate surface area is 179 Å². The maximum atomic E-state index is 11.7. The van der Waals surface area contributed by atoms with E-state index in [-0.39, 0.29) is 59.1 Å². The van der Waals surface area contributed by atoms with Crippen LogP contribution in [0.25, 0.3) is 0 Å². The van der Waals surface area contributed by atoms with Crippen molar-refractivity contribution in [1.29, 1.82) is 0 Å². The van der Waals surface area contributed by atoms with Crippen molar-refractivity contribution in [1.82, 2.24) is 10.2 Å². The zero-order chi connectivity index (χ0) is 16.7. The second-order valence-electron chi connectivity index (χ2n) is 4.58. The molecule has 0 unspecified atom stereocenters. The van der Waals surface area contributed by atoms with E-state index in [1.807, 2.05) is 5.32 Å². The van der Waals surface area contributed by atoms with Crippen LogP contribution < -0.4 is 74.2 Å². The van der Waals surface area contributed by atoms with Gasteiger partial charge in [0.15, 0.2) is 6.23 Å². The van der Waals surface area contributed by atoms with Gasteiger partial charge in [-0.25, -0.2) is 9.69 Å². The van der Waals surface area contributed by atoms with Gasteiger partial charge in [-0.1, -0.05) is 0 Å². The molecule has 2 aliphatic heterocycles. The maximum absolute atomic E-state index is 11.7. The number of aliphatic hydroxyl groups excluding tert-OH is 2. The fourth-order valence-electron chi connectivity index (χ4n) is 2.06. The van der Waals surface area contributed by atoms with Crippen molar-refractivity contribution in [3.05, 3.63) is 0 Å². The average molecular weight is 387 g/mol. The third kappa shape index (κ3) is 5.81.